The molecule has 1 aromatic rings. The number of aliphatic hydroxyl groups excluding tert-OH is 1. The molecule has 9 unspecified atom stereocenters. The summed E-state index contributed by atoms with van der Waals surface area (Å²) in [6.45, 7) is 5.76. The average Bonchev–Trinajstić information content (AvgIpc) is 3.27. The topological polar surface area (TPSA) is 437 Å². The molecule has 0 radical (unpaired) electrons. The lowest BCUT2D eigenvalue weighted by Crippen LogP contribution is -2.61. The fourth-order valence-electron chi connectivity index (χ4n) is 6.27. The standard InChI is InChI=1S/C42H67N11O14S/c1-6-21(4)34(41(65)52-33(20(2)3)40(64)49-27(42(66)67)12-14-31(45)57)53-37(61)26(15-16-68-5)48-38(62)28(17-22-7-9-23(55)10-8-22)50-39(63)29(18-32(46)58)51-36(60)25(11-13-30(44)56)47-35(59)24(43)19-54/h7-10,20-21,24-29,33-34,54-55H,6,11-19,43H2,1-5H3,(H2,44,56)(H2,45,57)(H2,46,58)(H,47,59)(H,48,62)(H,49,64)(H,50,63)(H,51,60)(H,52,65)(H,53,61)(H,66,67). The van der Waals surface area contributed by atoms with Crippen LogP contribution in [0.4, 0.5) is 0 Å². The molecule has 10 amide bonds. The number of aliphatic hydroxyl groups is 1. The Bertz CT molecular complexity index is 1940. The summed E-state index contributed by atoms with van der Waals surface area (Å²) >= 11 is 1.32. The number of carbonyl (C=O) groups is 11. The molecule has 68 heavy (non-hydrogen) atoms. The minimum Gasteiger partial charge on any atom is -0.508 e. The van der Waals surface area contributed by atoms with Gasteiger partial charge in [-0.1, -0.05) is 46.2 Å². The number of carboxylic acids is 1. The molecule has 0 spiro atoms. The molecular formula is C42H67N11O14S. The van der Waals surface area contributed by atoms with Crippen LogP contribution in [0.1, 0.15) is 78.2 Å². The number of hydrogen-bond acceptors (Lipinski definition) is 15. The Kier molecular flexibility index (Phi) is 26.2. The molecule has 0 aliphatic heterocycles. The van der Waals surface area contributed by atoms with E-state index < -0.39 is 145 Å². The van der Waals surface area contributed by atoms with Gasteiger partial charge in [0, 0.05) is 19.3 Å². The Morgan fingerprint density at radius 2 is 1.03 bits per heavy atom. The number of benzene rings is 1. The number of aromatic hydroxyl groups is 1. The van der Waals surface area contributed by atoms with Gasteiger partial charge in [0.05, 0.1) is 13.0 Å². The fourth-order valence-corrected chi connectivity index (χ4v) is 6.74. The predicted octanol–water partition coefficient (Wildman–Crippen LogP) is -4.41. The van der Waals surface area contributed by atoms with E-state index in [4.69, 9.17) is 22.9 Å². The molecule has 25 nitrogen and oxygen atoms in total. The first-order valence-corrected chi connectivity index (χ1v) is 23.1. The lowest BCUT2D eigenvalue weighted by Gasteiger charge is -2.30. The van der Waals surface area contributed by atoms with Gasteiger partial charge < -0.3 is 75.5 Å². The van der Waals surface area contributed by atoms with Crippen LogP contribution in [0, 0.1) is 11.8 Å². The van der Waals surface area contributed by atoms with E-state index in [0.29, 0.717) is 17.7 Å². The lowest BCUT2D eigenvalue weighted by molar-refractivity contribution is -0.143. The number of primary amides is 3. The first-order valence-electron chi connectivity index (χ1n) is 21.7. The minimum atomic E-state index is -1.79. The van der Waals surface area contributed by atoms with E-state index in [1.807, 2.05) is 0 Å². The van der Waals surface area contributed by atoms with Crippen molar-refractivity contribution in [2.24, 2.45) is 34.8 Å². The largest absolute Gasteiger partial charge is 0.508 e. The summed E-state index contributed by atoms with van der Waals surface area (Å²) in [6, 6.07) is -6.35. The normalized spacial score (nSPS) is 15.0. The van der Waals surface area contributed by atoms with E-state index in [1.54, 1.807) is 34.0 Å². The monoisotopic (exact) mass is 981 g/mol. The SMILES string of the molecule is CCC(C)C(NC(=O)C(CCSC)NC(=O)C(Cc1ccc(O)cc1)NC(=O)C(CC(N)=O)NC(=O)C(CCC(N)=O)NC(=O)C(N)CO)C(=O)NC(C(=O)NC(CCC(N)=O)C(=O)O)C(C)C. The van der Waals surface area contributed by atoms with Crippen LogP contribution in [0.5, 0.6) is 5.75 Å². The molecule has 0 heterocycles. The number of carbonyl (C=O) groups excluding carboxylic acids is 10. The van der Waals surface area contributed by atoms with Gasteiger partial charge in [-0.3, -0.25) is 47.9 Å². The zero-order valence-corrected chi connectivity index (χ0v) is 39.5. The zero-order valence-electron chi connectivity index (χ0n) is 38.7. The summed E-state index contributed by atoms with van der Waals surface area (Å²) in [5, 5.41) is 45.9. The second kappa shape index (κ2) is 30.0. The molecule has 18 N–H and O–H groups in total. The second-order valence-corrected chi connectivity index (χ2v) is 17.4. The number of phenolic OH excluding ortho intramolecular Hbond substituents is 1. The molecular weight excluding hydrogens is 915 g/mol. The molecule has 0 saturated heterocycles. The highest BCUT2D eigenvalue weighted by Crippen LogP contribution is 2.15. The van der Waals surface area contributed by atoms with Crippen molar-refractivity contribution in [1.29, 1.82) is 0 Å². The molecule has 9 atom stereocenters. The highest BCUT2D eigenvalue weighted by Gasteiger charge is 2.36. The maximum Gasteiger partial charge on any atom is 0.326 e. The predicted molar refractivity (Wildman–Crippen MR) is 246 cm³/mol. The highest BCUT2D eigenvalue weighted by atomic mass is 32.2. The van der Waals surface area contributed by atoms with Crippen LogP contribution in [0.25, 0.3) is 0 Å². The average molecular weight is 982 g/mol. The van der Waals surface area contributed by atoms with Gasteiger partial charge in [0.2, 0.25) is 59.1 Å². The van der Waals surface area contributed by atoms with Crippen LogP contribution < -0.4 is 60.2 Å². The van der Waals surface area contributed by atoms with Gasteiger partial charge in [0.1, 0.15) is 54.1 Å². The van der Waals surface area contributed by atoms with E-state index in [1.165, 1.54) is 36.0 Å². The molecule has 1 aromatic carbocycles. The molecule has 0 aromatic heterocycles. The van der Waals surface area contributed by atoms with Gasteiger partial charge in [0.25, 0.3) is 0 Å². The van der Waals surface area contributed by atoms with Crippen molar-refractivity contribution in [3.05, 3.63) is 29.8 Å². The first-order chi connectivity index (χ1) is 31.8. The number of aliphatic carboxylic acids is 1. The van der Waals surface area contributed by atoms with Crippen molar-refractivity contribution in [2.45, 2.75) is 127 Å². The molecule has 380 valence electrons. The van der Waals surface area contributed by atoms with Gasteiger partial charge in [0.15, 0.2) is 0 Å². The molecule has 0 saturated carbocycles. The van der Waals surface area contributed by atoms with Gasteiger partial charge in [-0.25, -0.2) is 4.79 Å². The van der Waals surface area contributed by atoms with Crippen LogP contribution in [0.2, 0.25) is 0 Å². The van der Waals surface area contributed by atoms with Crippen molar-refractivity contribution in [3.8, 4) is 5.75 Å². The third-order valence-corrected chi connectivity index (χ3v) is 11.1. The smallest absolute Gasteiger partial charge is 0.326 e. The van der Waals surface area contributed by atoms with Crippen molar-refractivity contribution in [3.63, 3.8) is 0 Å². The van der Waals surface area contributed by atoms with E-state index >= 15 is 0 Å². The van der Waals surface area contributed by atoms with Gasteiger partial charge >= 0.3 is 5.97 Å². The van der Waals surface area contributed by atoms with Gasteiger partial charge in [-0.15, -0.1) is 0 Å². The third kappa shape index (κ3) is 21.4. The number of carboxylic acid groups (broad SMARTS) is 1. The maximum absolute atomic E-state index is 14.2. The Morgan fingerprint density at radius 1 is 0.588 bits per heavy atom. The van der Waals surface area contributed by atoms with Crippen molar-refractivity contribution in [2.75, 3.05) is 18.6 Å². The van der Waals surface area contributed by atoms with Gasteiger partial charge in [-0.05, 0) is 60.8 Å². The minimum absolute atomic E-state index is 0.00886. The number of nitrogens with one attached hydrogen (secondary N) is 7. The molecule has 0 aliphatic rings. The third-order valence-electron chi connectivity index (χ3n) is 10.5. The number of rotatable bonds is 32. The van der Waals surface area contributed by atoms with Crippen LogP contribution in [0.15, 0.2) is 24.3 Å². The summed E-state index contributed by atoms with van der Waals surface area (Å²) in [5.41, 5.74) is 21.7. The van der Waals surface area contributed by atoms with Gasteiger partial charge in [-0.2, -0.15) is 11.8 Å². The zero-order chi connectivity index (χ0) is 51.8. The van der Waals surface area contributed by atoms with Crippen LogP contribution in [-0.4, -0.2) is 147 Å². The number of hydrogen-bond donors (Lipinski definition) is 14. The first kappa shape index (κ1) is 59.5. The summed E-state index contributed by atoms with van der Waals surface area (Å²) in [4.78, 5) is 142. The van der Waals surface area contributed by atoms with Crippen molar-refractivity contribution in [1.82, 2.24) is 37.2 Å². The van der Waals surface area contributed by atoms with E-state index in [-0.39, 0.29) is 37.9 Å². The maximum atomic E-state index is 14.2. The van der Waals surface area contributed by atoms with Crippen LogP contribution >= 0.6 is 11.8 Å². The highest BCUT2D eigenvalue weighted by molar-refractivity contribution is 7.98. The summed E-state index contributed by atoms with van der Waals surface area (Å²) < 4.78 is 0. The lowest BCUT2D eigenvalue weighted by atomic mass is 9.95. The second-order valence-electron chi connectivity index (χ2n) is 16.4. The number of phenols is 1. The van der Waals surface area contributed by atoms with E-state index in [9.17, 15) is 68.1 Å². The molecule has 0 aliphatic carbocycles. The molecule has 0 bridgehead atoms. The summed E-state index contributed by atoms with van der Waals surface area (Å²) in [7, 11) is 0. The number of nitrogens with two attached hydrogens (primary N) is 4. The number of amides is 10. The van der Waals surface area contributed by atoms with Crippen LogP contribution in [-0.2, 0) is 59.2 Å². The van der Waals surface area contributed by atoms with Crippen molar-refractivity contribution >= 4 is 76.8 Å². The van der Waals surface area contributed by atoms with Crippen molar-refractivity contribution < 1.29 is 68.1 Å². The Balaban J connectivity index is 3.56. The Hall–Kier alpha value is -6.54. The quantitative estimate of drug-likeness (QED) is 0.0324. The van der Waals surface area contributed by atoms with Crippen LogP contribution in [0.3, 0.4) is 0 Å². The number of thioether (sulfide) groups is 1. The molecule has 0 fully saturated rings. The van der Waals surface area contributed by atoms with E-state index in [0.717, 1.165) is 0 Å². The molecule has 26 heteroatoms. The molecule has 1 rings (SSSR count). The summed E-state index contributed by atoms with van der Waals surface area (Å²) in [6.07, 6.45) is -0.508. The Labute approximate surface area is 397 Å². The summed E-state index contributed by atoms with van der Waals surface area (Å²) in [5.74, 6) is -11.8. The Morgan fingerprint density at radius 3 is 1.53 bits per heavy atom. The fraction of sp³-hybridized carbons (Fsp3) is 0.595. The van der Waals surface area contributed by atoms with E-state index in [2.05, 4.69) is 37.2 Å².